The number of aromatic nitrogens is 2. The predicted molar refractivity (Wildman–Crippen MR) is 48.6 cm³/mol. The van der Waals surface area contributed by atoms with Crippen molar-refractivity contribution in [1.29, 1.82) is 0 Å². The fraction of sp³-hybridized carbons (Fsp3) is 0.143. The molecule has 2 rings (SSSR count). The molecule has 0 aliphatic heterocycles. The van der Waals surface area contributed by atoms with Crippen LogP contribution >= 0.6 is 11.3 Å². The van der Waals surface area contributed by atoms with Gasteiger partial charge in [-0.2, -0.15) is 4.98 Å². The van der Waals surface area contributed by atoms with E-state index >= 15 is 0 Å². The lowest BCUT2D eigenvalue weighted by Crippen LogP contribution is -1.84. The highest BCUT2D eigenvalue weighted by atomic mass is 32.1. The van der Waals surface area contributed by atoms with Gasteiger partial charge in [0.2, 0.25) is 0 Å². The average molecular weight is 197 g/mol. The van der Waals surface area contributed by atoms with Crippen molar-refractivity contribution in [1.82, 2.24) is 10.1 Å². The Balaban J connectivity index is 2.35. The maximum Gasteiger partial charge on any atom is 0.269 e. The molecule has 0 amide bonds. The van der Waals surface area contributed by atoms with E-state index in [2.05, 4.69) is 10.1 Å². The second-order valence-corrected chi connectivity index (χ2v) is 3.22. The number of methoxy groups -OCH3 is 1. The summed E-state index contributed by atoms with van der Waals surface area (Å²) in [7, 11) is 1.61. The zero-order valence-electron chi connectivity index (χ0n) is 6.85. The number of nitrogen functional groups attached to an aromatic ring is 1. The van der Waals surface area contributed by atoms with E-state index < -0.39 is 0 Å². The number of hydrogen-bond donors (Lipinski definition) is 1. The second-order valence-electron chi connectivity index (χ2n) is 2.31. The zero-order chi connectivity index (χ0) is 9.26. The summed E-state index contributed by atoms with van der Waals surface area (Å²) in [4.78, 5) is 4.73. The van der Waals surface area contributed by atoms with Crippen molar-refractivity contribution in [3.8, 4) is 16.5 Å². The molecule has 6 heteroatoms. The van der Waals surface area contributed by atoms with Gasteiger partial charge in [-0.15, -0.1) is 11.3 Å². The molecule has 0 bridgehead atoms. The highest BCUT2D eigenvalue weighted by molar-refractivity contribution is 7.13. The molecule has 0 saturated carbocycles. The van der Waals surface area contributed by atoms with Gasteiger partial charge in [-0.1, -0.05) is 0 Å². The van der Waals surface area contributed by atoms with E-state index in [0.29, 0.717) is 5.89 Å². The summed E-state index contributed by atoms with van der Waals surface area (Å²) in [5.41, 5.74) is 5.31. The molecule has 2 aromatic rings. The summed E-state index contributed by atoms with van der Waals surface area (Å²) in [6.45, 7) is 0. The lowest BCUT2D eigenvalue weighted by Gasteiger charge is -1.88. The molecule has 0 aromatic carbocycles. The Hall–Kier alpha value is -1.56. The van der Waals surface area contributed by atoms with Crippen LogP contribution < -0.4 is 10.5 Å². The van der Waals surface area contributed by atoms with Crippen molar-refractivity contribution in [3.63, 3.8) is 0 Å². The molecule has 0 aliphatic rings. The van der Waals surface area contributed by atoms with Crippen molar-refractivity contribution >= 4 is 17.3 Å². The molecule has 13 heavy (non-hydrogen) atoms. The van der Waals surface area contributed by atoms with E-state index in [0.717, 1.165) is 10.6 Å². The lowest BCUT2D eigenvalue weighted by molar-refractivity contribution is 0.416. The maximum atomic E-state index is 5.31. The number of thiophene rings is 1. The van der Waals surface area contributed by atoms with Crippen molar-refractivity contribution in [2.75, 3.05) is 12.8 Å². The molecule has 2 heterocycles. The fourth-order valence-corrected chi connectivity index (χ4v) is 1.65. The first-order chi connectivity index (χ1) is 6.29. The largest absolute Gasteiger partial charge is 0.496 e. The highest BCUT2D eigenvalue weighted by Crippen LogP contribution is 2.29. The second kappa shape index (κ2) is 3.06. The number of rotatable bonds is 2. The molecule has 2 N–H and O–H groups in total. The van der Waals surface area contributed by atoms with E-state index in [1.54, 1.807) is 7.11 Å². The Morgan fingerprint density at radius 1 is 1.62 bits per heavy atom. The smallest absolute Gasteiger partial charge is 0.269 e. The van der Waals surface area contributed by atoms with E-state index in [-0.39, 0.29) is 5.95 Å². The summed E-state index contributed by atoms with van der Waals surface area (Å²) < 4.78 is 9.89. The molecule has 5 nitrogen and oxygen atoms in total. The Labute approximate surface area is 78.1 Å². The Morgan fingerprint density at radius 2 is 2.46 bits per heavy atom. The quantitative estimate of drug-likeness (QED) is 0.787. The van der Waals surface area contributed by atoms with Crippen LogP contribution in [0.1, 0.15) is 0 Å². The van der Waals surface area contributed by atoms with Gasteiger partial charge in [0.15, 0.2) is 0 Å². The number of anilines is 1. The summed E-state index contributed by atoms with van der Waals surface area (Å²) in [5.74, 6) is 1.34. The van der Waals surface area contributed by atoms with Crippen LogP contribution in [-0.2, 0) is 0 Å². The van der Waals surface area contributed by atoms with Crippen LogP contribution in [-0.4, -0.2) is 17.3 Å². The lowest BCUT2D eigenvalue weighted by atomic mass is 10.4. The van der Waals surface area contributed by atoms with Crippen LogP contribution in [0.25, 0.3) is 10.8 Å². The SMILES string of the molecule is COc1csc(-c2nc(N)no2)c1. The van der Waals surface area contributed by atoms with Crippen LogP contribution in [0.4, 0.5) is 5.95 Å². The van der Waals surface area contributed by atoms with Gasteiger partial charge in [0.1, 0.15) is 5.75 Å². The average Bonchev–Trinajstić information content (AvgIpc) is 2.71. The molecule has 0 spiro atoms. The molecule has 0 fully saturated rings. The third kappa shape index (κ3) is 1.48. The minimum absolute atomic E-state index is 0.141. The van der Waals surface area contributed by atoms with Crippen molar-refractivity contribution in [2.24, 2.45) is 0 Å². The van der Waals surface area contributed by atoms with Gasteiger partial charge in [0.25, 0.3) is 11.8 Å². The van der Waals surface area contributed by atoms with Gasteiger partial charge >= 0.3 is 0 Å². The number of nitrogens with two attached hydrogens (primary N) is 1. The van der Waals surface area contributed by atoms with Gasteiger partial charge in [-0.25, -0.2) is 0 Å². The topological polar surface area (TPSA) is 74.2 Å². The third-order valence-corrected chi connectivity index (χ3v) is 2.36. The van der Waals surface area contributed by atoms with E-state index in [1.807, 2.05) is 11.4 Å². The number of ether oxygens (including phenoxy) is 1. The van der Waals surface area contributed by atoms with Gasteiger partial charge in [-0.3, -0.25) is 0 Å². The Morgan fingerprint density at radius 3 is 3.00 bits per heavy atom. The maximum absolute atomic E-state index is 5.31. The van der Waals surface area contributed by atoms with Crippen LogP contribution in [0.15, 0.2) is 16.0 Å². The van der Waals surface area contributed by atoms with Crippen molar-refractivity contribution in [3.05, 3.63) is 11.4 Å². The van der Waals surface area contributed by atoms with Crippen LogP contribution in [0.5, 0.6) is 5.75 Å². The summed E-state index contributed by atoms with van der Waals surface area (Å²) in [5, 5.41) is 5.34. The first-order valence-electron chi connectivity index (χ1n) is 3.51. The van der Waals surface area contributed by atoms with Crippen molar-refractivity contribution < 1.29 is 9.26 Å². The van der Waals surface area contributed by atoms with Crippen LogP contribution in [0.2, 0.25) is 0 Å². The van der Waals surface area contributed by atoms with Crippen LogP contribution in [0, 0.1) is 0 Å². The fourth-order valence-electron chi connectivity index (χ4n) is 0.873. The van der Waals surface area contributed by atoms with Gasteiger partial charge in [0.05, 0.1) is 12.0 Å². The van der Waals surface area contributed by atoms with Gasteiger partial charge in [-0.05, 0) is 5.16 Å². The molecule has 0 atom stereocenters. The zero-order valence-corrected chi connectivity index (χ0v) is 7.67. The van der Waals surface area contributed by atoms with E-state index in [1.165, 1.54) is 11.3 Å². The molecule has 0 unspecified atom stereocenters. The Kier molecular flexibility index (Phi) is 1.90. The molecule has 0 saturated heterocycles. The Bertz CT molecular complexity index is 409. The number of nitrogens with zero attached hydrogens (tertiary/aromatic N) is 2. The molecule has 0 radical (unpaired) electrons. The molecule has 0 aliphatic carbocycles. The van der Waals surface area contributed by atoms with Gasteiger partial charge in [0, 0.05) is 11.4 Å². The molecule has 68 valence electrons. The third-order valence-electron chi connectivity index (χ3n) is 1.46. The minimum Gasteiger partial charge on any atom is -0.496 e. The predicted octanol–water partition coefficient (Wildman–Crippen LogP) is 1.39. The normalized spacial score (nSPS) is 10.2. The van der Waals surface area contributed by atoms with Crippen LogP contribution in [0.3, 0.4) is 0 Å². The van der Waals surface area contributed by atoms with Crippen molar-refractivity contribution in [2.45, 2.75) is 0 Å². The summed E-state index contributed by atoms with van der Waals surface area (Å²) in [6.07, 6.45) is 0. The highest BCUT2D eigenvalue weighted by Gasteiger charge is 2.09. The van der Waals surface area contributed by atoms with Gasteiger partial charge < -0.3 is 15.0 Å². The van der Waals surface area contributed by atoms with E-state index in [9.17, 15) is 0 Å². The monoisotopic (exact) mass is 197 g/mol. The molecular formula is C7H7N3O2S. The molecular weight excluding hydrogens is 190 g/mol. The first-order valence-corrected chi connectivity index (χ1v) is 4.39. The van der Waals surface area contributed by atoms with E-state index in [4.69, 9.17) is 15.0 Å². The summed E-state index contributed by atoms with van der Waals surface area (Å²) >= 11 is 1.46. The molecule has 2 aromatic heterocycles. The minimum atomic E-state index is 0.141. The number of hydrogen-bond acceptors (Lipinski definition) is 6. The summed E-state index contributed by atoms with van der Waals surface area (Å²) in [6, 6.07) is 1.82. The standard InChI is InChI=1S/C7H7N3O2S/c1-11-4-2-5(13-3-4)6-9-7(8)10-12-6/h2-3H,1H3,(H2,8,10). The first kappa shape index (κ1) is 8.06.